The Hall–Kier alpha value is -1.13. The topological polar surface area (TPSA) is 79.8 Å². The molecule has 2 rings (SSSR count). The van der Waals surface area contributed by atoms with Crippen LogP contribution in [0.15, 0.2) is 30.5 Å². The number of nitrogens with one attached hydrogen (secondary N) is 1. The summed E-state index contributed by atoms with van der Waals surface area (Å²) in [6.45, 7) is 0. The van der Waals surface area contributed by atoms with Crippen molar-refractivity contribution < 1.29 is 29.6 Å². The summed E-state index contributed by atoms with van der Waals surface area (Å²) < 4.78 is 12.8. The molecule has 1 amide bonds. The molecule has 1 aromatic heterocycles. The molecule has 0 bridgehead atoms. The standard InChI is InChI=1S/C13H14FN3OS.Pd/c14-9-3-1-8(2-4-9)11-7-17-13(19-11)10(15)5-6-12(16)18;/h1-4,7,10H,5-6,15H2,(H2,16,18);/p-1. The minimum Gasteiger partial charge on any atom is -0.668 e. The van der Waals surface area contributed by atoms with E-state index in [-0.39, 0.29) is 38.7 Å². The van der Waals surface area contributed by atoms with Crippen LogP contribution in [-0.2, 0) is 25.2 Å². The van der Waals surface area contributed by atoms with E-state index in [9.17, 15) is 9.18 Å². The fourth-order valence-corrected chi connectivity index (χ4v) is 2.58. The van der Waals surface area contributed by atoms with Crippen molar-refractivity contribution in [2.45, 2.75) is 18.9 Å². The molecule has 1 unspecified atom stereocenters. The molecule has 1 heterocycles. The van der Waals surface area contributed by atoms with Gasteiger partial charge in [-0.1, -0.05) is 12.1 Å². The van der Waals surface area contributed by atoms with E-state index in [4.69, 9.17) is 11.5 Å². The molecule has 0 aliphatic heterocycles. The van der Waals surface area contributed by atoms with Gasteiger partial charge in [-0.2, -0.15) is 0 Å². The zero-order valence-corrected chi connectivity index (χ0v) is 12.8. The maximum absolute atomic E-state index is 12.8. The second-order valence-electron chi connectivity index (χ2n) is 4.14. The third-order valence-electron chi connectivity index (χ3n) is 2.65. The molecule has 0 spiro atoms. The van der Waals surface area contributed by atoms with Crippen molar-refractivity contribution in [3.8, 4) is 10.4 Å². The molecule has 0 aliphatic carbocycles. The predicted molar refractivity (Wildman–Crippen MR) is 73.0 cm³/mol. The molecule has 3 N–H and O–H groups in total. The zero-order chi connectivity index (χ0) is 13.8. The van der Waals surface area contributed by atoms with Gasteiger partial charge in [0.25, 0.3) is 0 Å². The Morgan fingerprint density at radius 1 is 1.40 bits per heavy atom. The number of benzene rings is 1. The van der Waals surface area contributed by atoms with E-state index in [2.05, 4.69) is 4.98 Å². The van der Waals surface area contributed by atoms with E-state index >= 15 is 0 Å². The van der Waals surface area contributed by atoms with Gasteiger partial charge in [0.15, 0.2) is 0 Å². The molecule has 20 heavy (non-hydrogen) atoms. The van der Waals surface area contributed by atoms with Gasteiger partial charge in [0.2, 0.25) is 0 Å². The molecule has 0 saturated heterocycles. The molecule has 0 radical (unpaired) electrons. The number of amides is 1. The van der Waals surface area contributed by atoms with Gasteiger partial charge < -0.3 is 16.3 Å². The Bertz CT molecular complexity index is 573. The maximum Gasteiger partial charge on any atom is 0.123 e. The third-order valence-corrected chi connectivity index (χ3v) is 3.83. The monoisotopic (exact) mass is 384 g/mol. The summed E-state index contributed by atoms with van der Waals surface area (Å²) in [6.07, 6.45) is 2.24. The van der Waals surface area contributed by atoms with Gasteiger partial charge in [-0.3, -0.25) is 0 Å². The summed E-state index contributed by atoms with van der Waals surface area (Å²) in [6, 6.07) is 5.83. The minimum absolute atomic E-state index is 0. The van der Waals surface area contributed by atoms with Crippen molar-refractivity contribution in [3.05, 3.63) is 47.0 Å². The van der Waals surface area contributed by atoms with Gasteiger partial charge in [0.1, 0.15) is 10.8 Å². The summed E-state index contributed by atoms with van der Waals surface area (Å²) in [4.78, 5) is 15.7. The molecule has 4 nitrogen and oxygen atoms in total. The Balaban J connectivity index is 0.00000200. The Morgan fingerprint density at radius 3 is 2.65 bits per heavy atom. The Labute approximate surface area is 134 Å². The SMILES string of the molecule is [NH-]C(=O)CCC(N)c1ncc(-c2ccc(F)cc2)s1.[Pd]. The van der Waals surface area contributed by atoms with E-state index in [1.165, 1.54) is 23.5 Å². The number of nitrogens with zero attached hydrogens (tertiary/aromatic N) is 1. The average molecular weight is 385 g/mol. The predicted octanol–water partition coefficient (Wildman–Crippen LogP) is 3.31. The van der Waals surface area contributed by atoms with Crippen molar-refractivity contribution in [2.75, 3.05) is 0 Å². The molecule has 2 aromatic rings. The van der Waals surface area contributed by atoms with Crippen LogP contribution >= 0.6 is 11.3 Å². The van der Waals surface area contributed by atoms with Crippen LogP contribution in [-0.4, -0.2) is 10.9 Å². The molecule has 110 valence electrons. The number of carbonyl (C=O) groups excluding carboxylic acids is 1. The number of aromatic nitrogens is 1. The summed E-state index contributed by atoms with van der Waals surface area (Å²) >= 11 is 1.42. The Morgan fingerprint density at radius 2 is 2.05 bits per heavy atom. The summed E-state index contributed by atoms with van der Waals surface area (Å²) in [7, 11) is 0. The zero-order valence-electron chi connectivity index (χ0n) is 10.4. The van der Waals surface area contributed by atoms with Crippen LogP contribution < -0.4 is 5.73 Å². The van der Waals surface area contributed by atoms with Crippen LogP contribution in [0.2, 0.25) is 0 Å². The number of halogens is 1. The van der Waals surface area contributed by atoms with Gasteiger partial charge in [-0.15, -0.1) is 11.3 Å². The van der Waals surface area contributed by atoms with E-state index in [1.54, 1.807) is 18.3 Å². The maximum atomic E-state index is 12.8. The van der Waals surface area contributed by atoms with Crippen LogP contribution in [0.1, 0.15) is 23.9 Å². The van der Waals surface area contributed by atoms with Crippen LogP contribution in [0, 0.1) is 5.82 Å². The molecule has 1 aromatic carbocycles. The van der Waals surface area contributed by atoms with Crippen molar-refractivity contribution >= 4 is 17.2 Å². The number of thiazole rings is 1. The van der Waals surface area contributed by atoms with Crippen LogP contribution in [0.3, 0.4) is 0 Å². The van der Waals surface area contributed by atoms with E-state index in [0.29, 0.717) is 6.42 Å². The number of rotatable bonds is 5. The summed E-state index contributed by atoms with van der Waals surface area (Å²) in [5, 5.41) is 0.723. The van der Waals surface area contributed by atoms with Crippen molar-refractivity contribution in [2.24, 2.45) is 5.73 Å². The van der Waals surface area contributed by atoms with Gasteiger partial charge in [0, 0.05) is 32.5 Å². The summed E-state index contributed by atoms with van der Waals surface area (Å²) in [5.74, 6) is -0.898. The first-order chi connectivity index (χ1) is 9.06. The van der Waals surface area contributed by atoms with Crippen LogP contribution in [0.5, 0.6) is 0 Å². The molecule has 0 fully saturated rings. The van der Waals surface area contributed by atoms with Gasteiger partial charge in [-0.25, -0.2) is 9.37 Å². The molecule has 7 heteroatoms. The van der Waals surface area contributed by atoms with Crippen LogP contribution in [0.25, 0.3) is 16.2 Å². The normalized spacial score (nSPS) is 11.7. The number of nitrogens with two attached hydrogens (primary N) is 1. The first-order valence-corrected chi connectivity index (χ1v) is 6.59. The van der Waals surface area contributed by atoms with Crippen molar-refractivity contribution in [1.29, 1.82) is 0 Å². The van der Waals surface area contributed by atoms with Crippen LogP contribution in [0.4, 0.5) is 4.39 Å². The molecule has 0 aliphatic rings. The van der Waals surface area contributed by atoms with Crippen molar-refractivity contribution in [3.63, 3.8) is 0 Å². The fraction of sp³-hybridized carbons (Fsp3) is 0.231. The van der Waals surface area contributed by atoms with Crippen molar-refractivity contribution in [1.82, 2.24) is 4.98 Å². The van der Waals surface area contributed by atoms with E-state index in [0.717, 1.165) is 15.4 Å². The second-order valence-corrected chi connectivity index (χ2v) is 5.20. The first kappa shape index (κ1) is 16.9. The molecule has 0 saturated carbocycles. The van der Waals surface area contributed by atoms with Gasteiger partial charge in [-0.05, 0) is 30.5 Å². The fourth-order valence-electron chi connectivity index (χ4n) is 1.62. The Kier molecular flexibility index (Phi) is 6.43. The third kappa shape index (κ3) is 4.46. The largest absolute Gasteiger partial charge is 0.668 e. The minimum atomic E-state index is -0.620. The molecule has 1 atom stereocenters. The summed E-state index contributed by atoms with van der Waals surface area (Å²) in [5.41, 5.74) is 13.6. The second kappa shape index (κ2) is 7.60. The number of hydrogen-bond donors (Lipinski definition) is 1. The van der Waals surface area contributed by atoms with Gasteiger partial charge in [0.05, 0.1) is 10.9 Å². The average Bonchev–Trinajstić information content (AvgIpc) is 2.86. The van der Waals surface area contributed by atoms with E-state index in [1.807, 2.05) is 0 Å². The molecular weight excluding hydrogens is 372 g/mol. The van der Waals surface area contributed by atoms with Gasteiger partial charge >= 0.3 is 0 Å². The number of hydrogen-bond acceptors (Lipinski definition) is 4. The first-order valence-electron chi connectivity index (χ1n) is 5.78. The smallest absolute Gasteiger partial charge is 0.123 e. The van der Waals surface area contributed by atoms with E-state index < -0.39 is 5.91 Å². The quantitative estimate of drug-likeness (QED) is 0.803. The number of carbonyl (C=O) groups is 1. The molecular formula is C13H13FN3OPdS-.